The highest BCUT2D eigenvalue weighted by atomic mass is 35.5. The smallest absolute Gasteiger partial charge is 0.307 e. The van der Waals surface area contributed by atoms with E-state index in [9.17, 15) is 18.9 Å². The maximum Gasteiger partial charge on any atom is 0.307 e. The summed E-state index contributed by atoms with van der Waals surface area (Å²) in [4.78, 5) is 9.44. The van der Waals surface area contributed by atoms with Crippen LogP contribution in [-0.4, -0.2) is 10.0 Å². The zero-order valence-electron chi connectivity index (χ0n) is 10.3. The van der Waals surface area contributed by atoms with Crippen LogP contribution in [0.3, 0.4) is 0 Å². The van der Waals surface area contributed by atoms with Crippen molar-refractivity contribution in [1.82, 2.24) is 0 Å². The summed E-state index contributed by atoms with van der Waals surface area (Å²) in [6.07, 6.45) is 0. The largest absolute Gasteiger partial charge is 0.454 e. The van der Waals surface area contributed by atoms with E-state index < -0.39 is 28.0 Å². The Hall–Kier alpha value is -2.25. The molecule has 21 heavy (non-hydrogen) atoms. The van der Waals surface area contributed by atoms with Gasteiger partial charge in [0.2, 0.25) is 5.82 Å². The molecule has 0 fully saturated rings. The van der Waals surface area contributed by atoms with Crippen molar-refractivity contribution in [3.8, 4) is 11.5 Å². The Bertz CT molecular complexity index is 709. The summed E-state index contributed by atoms with van der Waals surface area (Å²) in [5, 5.41) is 19.6. The lowest BCUT2D eigenvalue weighted by Crippen LogP contribution is -1.97. The third-order valence-corrected chi connectivity index (χ3v) is 2.97. The zero-order chi connectivity index (χ0) is 15.6. The Morgan fingerprint density at radius 2 is 1.95 bits per heavy atom. The van der Waals surface area contributed by atoms with Crippen LogP contribution in [0.2, 0.25) is 5.02 Å². The van der Waals surface area contributed by atoms with Gasteiger partial charge in [-0.15, -0.1) is 0 Å². The summed E-state index contributed by atoms with van der Waals surface area (Å²) >= 11 is 5.84. The van der Waals surface area contributed by atoms with E-state index in [4.69, 9.17) is 21.4 Å². The first-order valence-electron chi connectivity index (χ1n) is 5.63. The predicted molar refractivity (Wildman–Crippen MR) is 70.5 cm³/mol. The van der Waals surface area contributed by atoms with Crippen LogP contribution < -0.4 is 4.74 Å². The number of aliphatic hydroxyl groups excluding tert-OH is 1. The number of ether oxygens (including phenoxy) is 1. The quantitative estimate of drug-likeness (QED) is 0.688. The lowest BCUT2D eigenvalue weighted by Gasteiger charge is -2.09. The van der Waals surface area contributed by atoms with Gasteiger partial charge in [-0.2, -0.15) is 4.39 Å². The molecule has 0 amide bonds. The fourth-order valence-electron chi connectivity index (χ4n) is 1.58. The molecule has 0 aliphatic heterocycles. The minimum Gasteiger partial charge on any atom is -0.454 e. The van der Waals surface area contributed by atoms with Crippen molar-refractivity contribution in [2.24, 2.45) is 0 Å². The lowest BCUT2D eigenvalue weighted by molar-refractivity contribution is -0.387. The summed E-state index contributed by atoms with van der Waals surface area (Å²) in [5.74, 6) is -2.70. The third kappa shape index (κ3) is 3.26. The Balaban J connectivity index is 2.34. The summed E-state index contributed by atoms with van der Waals surface area (Å²) < 4.78 is 32.2. The average Bonchev–Trinajstić information content (AvgIpc) is 2.42. The molecule has 110 valence electrons. The molecule has 0 aliphatic carbocycles. The molecule has 0 aliphatic rings. The Kier molecular flexibility index (Phi) is 4.35. The van der Waals surface area contributed by atoms with E-state index in [1.54, 1.807) is 0 Å². The molecule has 0 saturated heterocycles. The van der Waals surface area contributed by atoms with E-state index >= 15 is 0 Å². The summed E-state index contributed by atoms with van der Waals surface area (Å²) in [6, 6.07) is 5.19. The first kappa shape index (κ1) is 15.1. The van der Waals surface area contributed by atoms with E-state index in [2.05, 4.69) is 0 Å². The number of halogens is 3. The van der Waals surface area contributed by atoms with E-state index in [1.165, 1.54) is 18.2 Å². The monoisotopic (exact) mass is 315 g/mol. The van der Waals surface area contributed by atoms with Gasteiger partial charge in [-0.05, 0) is 17.7 Å². The van der Waals surface area contributed by atoms with Gasteiger partial charge in [0.05, 0.1) is 17.6 Å². The molecule has 0 saturated carbocycles. The van der Waals surface area contributed by atoms with Crippen molar-refractivity contribution < 1.29 is 23.5 Å². The molecule has 2 rings (SSSR count). The molecule has 0 spiro atoms. The van der Waals surface area contributed by atoms with Crippen LogP contribution >= 0.6 is 11.6 Å². The predicted octanol–water partition coefficient (Wildman–Crippen LogP) is 3.81. The highest BCUT2D eigenvalue weighted by Gasteiger charge is 2.19. The van der Waals surface area contributed by atoms with E-state index in [0.717, 1.165) is 0 Å². The fraction of sp³-hybridized carbons (Fsp3) is 0.0769. The van der Waals surface area contributed by atoms with Crippen molar-refractivity contribution in [1.29, 1.82) is 0 Å². The van der Waals surface area contributed by atoms with Gasteiger partial charge in [-0.1, -0.05) is 17.7 Å². The number of hydrogen-bond donors (Lipinski definition) is 1. The summed E-state index contributed by atoms with van der Waals surface area (Å²) in [5.41, 5.74) is -0.534. The van der Waals surface area contributed by atoms with Crippen LogP contribution in [0, 0.1) is 21.7 Å². The third-order valence-electron chi connectivity index (χ3n) is 2.62. The van der Waals surface area contributed by atoms with E-state index in [1.807, 2.05) is 0 Å². The second-order valence-electron chi connectivity index (χ2n) is 4.00. The number of nitro benzene ring substituents is 1. The normalized spacial score (nSPS) is 10.5. The fourth-order valence-corrected chi connectivity index (χ4v) is 1.81. The lowest BCUT2D eigenvalue weighted by atomic mass is 10.2. The molecular formula is C13H8ClF2NO4. The van der Waals surface area contributed by atoms with Crippen molar-refractivity contribution >= 4 is 17.3 Å². The number of aliphatic hydroxyl groups is 1. The van der Waals surface area contributed by atoms with Gasteiger partial charge >= 0.3 is 5.69 Å². The number of nitrogens with zero attached hydrogens (tertiary/aromatic N) is 1. The highest BCUT2D eigenvalue weighted by molar-refractivity contribution is 6.31. The van der Waals surface area contributed by atoms with E-state index in [0.29, 0.717) is 17.7 Å². The van der Waals surface area contributed by atoms with Crippen LogP contribution in [0.4, 0.5) is 14.5 Å². The van der Waals surface area contributed by atoms with Crippen molar-refractivity contribution in [2.45, 2.75) is 6.61 Å². The summed E-state index contributed by atoms with van der Waals surface area (Å²) in [7, 11) is 0. The Morgan fingerprint density at radius 3 is 2.52 bits per heavy atom. The number of benzene rings is 2. The maximum atomic E-state index is 13.7. The molecule has 0 atom stereocenters. The highest BCUT2D eigenvalue weighted by Crippen LogP contribution is 2.31. The maximum absolute atomic E-state index is 13.7. The van der Waals surface area contributed by atoms with Crippen molar-refractivity contribution in [3.63, 3.8) is 0 Å². The van der Waals surface area contributed by atoms with Gasteiger partial charge in [0.25, 0.3) is 0 Å². The molecular weight excluding hydrogens is 308 g/mol. The molecule has 0 radical (unpaired) electrons. The molecule has 8 heteroatoms. The minimum atomic E-state index is -1.21. The van der Waals surface area contributed by atoms with Gasteiger partial charge in [0.15, 0.2) is 11.6 Å². The molecule has 0 heterocycles. The topological polar surface area (TPSA) is 72.6 Å². The second kappa shape index (κ2) is 6.02. The number of rotatable bonds is 4. The van der Waals surface area contributed by atoms with Crippen LogP contribution in [0.15, 0.2) is 30.3 Å². The first-order chi connectivity index (χ1) is 9.92. The number of nitro groups is 1. The Labute approximate surface area is 122 Å². The van der Waals surface area contributed by atoms with Crippen LogP contribution in [0.1, 0.15) is 5.56 Å². The second-order valence-corrected chi connectivity index (χ2v) is 4.41. The summed E-state index contributed by atoms with van der Waals surface area (Å²) in [6.45, 7) is -0.278. The van der Waals surface area contributed by atoms with Crippen LogP contribution in [0.25, 0.3) is 0 Å². The zero-order valence-corrected chi connectivity index (χ0v) is 11.1. The van der Waals surface area contributed by atoms with Gasteiger partial charge in [-0.25, -0.2) is 4.39 Å². The molecule has 2 aromatic rings. The SMILES string of the molecule is O=[N+]([O-])c1cc(F)c(Oc2ccc(CO)c(Cl)c2)cc1F. The van der Waals surface area contributed by atoms with Crippen molar-refractivity contribution in [2.75, 3.05) is 0 Å². The average molecular weight is 316 g/mol. The molecule has 0 bridgehead atoms. The van der Waals surface area contributed by atoms with Gasteiger partial charge < -0.3 is 9.84 Å². The molecule has 0 unspecified atom stereocenters. The van der Waals surface area contributed by atoms with Gasteiger partial charge in [0, 0.05) is 11.1 Å². The minimum absolute atomic E-state index is 0.101. The molecule has 0 aromatic heterocycles. The van der Waals surface area contributed by atoms with Gasteiger partial charge in [-0.3, -0.25) is 10.1 Å². The molecule has 5 nitrogen and oxygen atoms in total. The van der Waals surface area contributed by atoms with Gasteiger partial charge in [0.1, 0.15) is 5.75 Å². The Morgan fingerprint density at radius 1 is 1.24 bits per heavy atom. The number of hydrogen-bond acceptors (Lipinski definition) is 4. The van der Waals surface area contributed by atoms with Crippen molar-refractivity contribution in [3.05, 3.63) is 62.7 Å². The van der Waals surface area contributed by atoms with E-state index in [-0.39, 0.29) is 17.4 Å². The van der Waals surface area contributed by atoms with Crippen LogP contribution in [-0.2, 0) is 6.61 Å². The molecule has 1 N–H and O–H groups in total. The molecule has 2 aromatic carbocycles. The first-order valence-corrected chi connectivity index (χ1v) is 6.00. The van der Waals surface area contributed by atoms with Crippen LogP contribution in [0.5, 0.6) is 11.5 Å². The standard InChI is InChI=1S/C13H8ClF2NO4/c14-9-3-8(2-1-7(9)6-18)21-13-5-10(15)12(17(19)20)4-11(13)16/h1-5,18H,6H2.